The van der Waals surface area contributed by atoms with Crippen molar-refractivity contribution in [2.75, 3.05) is 26.4 Å². The van der Waals surface area contributed by atoms with Crippen LogP contribution in [-0.2, 0) is 6.42 Å². The number of aromatic hydroxyl groups is 1. The minimum Gasteiger partial charge on any atom is -0.493 e. The smallest absolute Gasteiger partial charge is 0.258 e. The molecule has 0 aliphatic rings. The molecule has 1 aromatic heterocycles. The molecular formula is C17H31N3O2S. The summed E-state index contributed by atoms with van der Waals surface area (Å²) in [6, 6.07) is 0. The second-order valence-electron chi connectivity index (χ2n) is 6.20. The summed E-state index contributed by atoms with van der Waals surface area (Å²) in [5.74, 6) is 0.721. The molecular weight excluding hydrogens is 310 g/mol. The Hall–Kier alpha value is -1.01. The standard InChI is InChI=1S/C17H31N3O2S/c1-4-5-6-7-8-9-10-11-14-15(21)18-17(19-16(14)22)23-13-12-20(2)3/h4-13H2,1-3H3,(H2,18,19,21,22). The fraction of sp³-hybridized carbons (Fsp3) is 0.765. The Morgan fingerprint density at radius 3 is 2.39 bits per heavy atom. The maximum absolute atomic E-state index is 12.1. The summed E-state index contributed by atoms with van der Waals surface area (Å²) in [5.41, 5.74) is 0.228. The zero-order valence-corrected chi connectivity index (χ0v) is 15.5. The average molecular weight is 342 g/mol. The topological polar surface area (TPSA) is 69.2 Å². The van der Waals surface area contributed by atoms with E-state index in [0.717, 1.165) is 25.1 Å². The number of hydrogen-bond donors (Lipinski definition) is 2. The molecule has 0 atom stereocenters. The van der Waals surface area contributed by atoms with Gasteiger partial charge in [-0.1, -0.05) is 57.2 Å². The quantitative estimate of drug-likeness (QED) is 0.346. The van der Waals surface area contributed by atoms with Gasteiger partial charge < -0.3 is 15.0 Å². The van der Waals surface area contributed by atoms with E-state index in [9.17, 15) is 9.90 Å². The van der Waals surface area contributed by atoms with E-state index in [1.807, 2.05) is 14.1 Å². The SMILES string of the molecule is CCCCCCCCCc1c(O)nc(SCCN(C)C)[nH]c1=O. The van der Waals surface area contributed by atoms with Crippen LogP contribution in [0.3, 0.4) is 0 Å². The van der Waals surface area contributed by atoms with E-state index < -0.39 is 0 Å². The van der Waals surface area contributed by atoms with Gasteiger partial charge in [-0.15, -0.1) is 0 Å². The molecule has 0 aliphatic carbocycles. The maximum Gasteiger partial charge on any atom is 0.258 e. The number of thioether (sulfide) groups is 1. The minimum atomic E-state index is -0.198. The number of aromatic nitrogens is 2. The Balaban J connectivity index is 2.40. The molecule has 2 N–H and O–H groups in total. The number of aromatic amines is 1. The molecule has 1 rings (SSSR count). The molecule has 0 unspecified atom stereocenters. The molecule has 0 amide bonds. The molecule has 6 heteroatoms. The third-order valence-corrected chi connectivity index (χ3v) is 4.63. The summed E-state index contributed by atoms with van der Waals surface area (Å²) < 4.78 is 0. The number of hydrogen-bond acceptors (Lipinski definition) is 5. The van der Waals surface area contributed by atoms with Gasteiger partial charge in [0.1, 0.15) is 0 Å². The fourth-order valence-corrected chi connectivity index (χ4v) is 3.31. The highest BCUT2D eigenvalue weighted by Crippen LogP contribution is 2.18. The first-order valence-electron chi connectivity index (χ1n) is 8.64. The first kappa shape index (κ1) is 20.0. The molecule has 1 heterocycles. The van der Waals surface area contributed by atoms with Crippen LogP contribution >= 0.6 is 11.8 Å². The fourth-order valence-electron chi connectivity index (χ4n) is 2.34. The van der Waals surface area contributed by atoms with E-state index >= 15 is 0 Å². The summed E-state index contributed by atoms with van der Waals surface area (Å²) in [7, 11) is 4.00. The molecule has 0 fully saturated rings. The van der Waals surface area contributed by atoms with Gasteiger partial charge in [-0.25, -0.2) is 0 Å². The first-order valence-corrected chi connectivity index (χ1v) is 9.62. The molecule has 0 radical (unpaired) electrons. The Labute approximate surface area is 143 Å². The third-order valence-electron chi connectivity index (χ3n) is 3.78. The van der Waals surface area contributed by atoms with Crippen molar-refractivity contribution in [3.63, 3.8) is 0 Å². The van der Waals surface area contributed by atoms with Gasteiger partial charge in [0.15, 0.2) is 5.16 Å². The molecule has 132 valence electrons. The minimum absolute atomic E-state index is 0.105. The van der Waals surface area contributed by atoms with Crippen LogP contribution in [0.15, 0.2) is 9.95 Å². The van der Waals surface area contributed by atoms with E-state index in [4.69, 9.17) is 0 Å². The number of nitrogens with zero attached hydrogens (tertiary/aromatic N) is 2. The van der Waals surface area contributed by atoms with Gasteiger partial charge in [-0.05, 0) is 26.9 Å². The van der Waals surface area contributed by atoms with Gasteiger partial charge in [-0.3, -0.25) is 4.79 Å². The van der Waals surface area contributed by atoms with Gasteiger partial charge in [0.2, 0.25) is 5.88 Å². The molecule has 5 nitrogen and oxygen atoms in total. The van der Waals surface area contributed by atoms with Gasteiger partial charge in [0.25, 0.3) is 5.56 Å². The second-order valence-corrected chi connectivity index (χ2v) is 7.28. The number of rotatable bonds is 12. The summed E-state index contributed by atoms with van der Waals surface area (Å²) in [6.07, 6.45) is 8.94. The van der Waals surface area contributed by atoms with Gasteiger partial charge in [-0.2, -0.15) is 4.98 Å². The highest BCUT2D eigenvalue weighted by atomic mass is 32.2. The van der Waals surface area contributed by atoms with Gasteiger partial charge in [0.05, 0.1) is 5.56 Å². The summed E-state index contributed by atoms with van der Waals surface area (Å²) in [5, 5.41) is 10.5. The van der Waals surface area contributed by atoms with Crippen LogP contribution in [0.5, 0.6) is 5.88 Å². The van der Waals surface area contributed by atoms with Crippen molar-refractivity contribution in [2.45, 2.75) is 63.4 Å². The highest BCUT2D eigenvalue weighted by Gasteiger charge is 2.10. The largest absolute Gasteiger partial charge is 0.493 e. The van der Waals surface area contributed by atoms with E-state index in [2.05, 4.69) is 21.8 Å². The predicted molar refractivity (Wildman–Crippen MR) is 97.5 cm³/mol. The van der Waals surface area contributed by atoms with Crippen LogP contribution in [0.25, 0.3) is 0 Å². The van der Waals surface area contributed by atoms with Crippen LogP contribution in [0, 0.1) is 0 Å². The monoisotopic (exact) mass is 341 g/mol. The molecule has 0 bridgehead atoms. The van der Waals surface area contributed by atoms with Crippen molar-refractivity contribution in [2.24, 2.45) is 0 Å². The lowest BCUT2D eigenvalue weighted by Gasteiger charge is -2.09. The number of unbranched alkanes of at least 4 members (excludes halogenated alkanes) is 6. The molecule has 0 aliphatic heterocycles. The van der Waals surface area contributed by atoms with Crippen LogP contribution in [0.2, 0.25) is 0 Å². The lowest BCUT2D eigenvalue weighted by atomic mass is 10.1. The first-order chi connectivity index (χ1) is 11.0. The number of H-pyrrole nitrogens is 1. The van der Waals surface area contributed by atoms with E-state index in [1.165, 1.54) is 43.9 Å². The highest BCUT2D eigenvalue weighted by molar-refractivity contribution is 7.99. The van der Waals surface area contributed by atoms with Crippen molar-refractivity contribution < 1.29 is 5.11 Å². The van der Waals surface area contributed by atoms with Crippen molar-refractivity contribution in [1.29, 1.82) is 0 Å². The summed E-state index contributed by atoms with van der Waals surface area (Å²) >= 11 is 1.46. The Morgan fingerprint density at radius 2 is 1.78 bits per heavy atom. The lowest BCUT2D eigenvalue weighted by Crippen LogP contribution is -2.17. The predicted octanol–water partition coefficient (Wildman–Crippen LogP) is 3.42. The van der Waals surface area contributed by atoms with Crippen LogP contribution in [0.1, 0.15) is 57.4 Å². The normalized spacial score (nSPS) is 11.3. The second kappa shape index (κ2) is 11.5. The zero-order chi connectivity index (χ0) is 17.1. The zero-order valence-electron chi connectivity index (χ0n) is 14.7. The van der Waals surface area contributed by atoms with Crippen LogP contribution < -0.4 is 5.56 Å². The number of nitrogens with one attached hydrogen (secondary N) is 1. The summed E-state index contributed by atoms with van der Waals surface area (Å²) in [6.45, 7) is 3.11. The van der Waals surface area contributed by atoms with Crippen molar-refractivity contribution >= 4 is 11.8 Å². The van der Waals surface area contributed by atoms with Gasteiger partial charge in [0, 0.05) is 12.3 Å². The van der Waals surface area contributed by atoms with Crippen molar-refractivity contribution in [3.8, 4) is 5.88 Å². The molecule has 0 spiro atoms. The molecule has 0 aromatic carbocycles. The van der Waals surface area contributed by atoms with E-state index in [-0.39, 0.29) is 11.4 Å². The molecule has 0 saturated carbocycles. The Kier molecular flexibility index (Phi) is 10.0. The summed E-state index contributed by atoms with van der Waals surface area (Å²) in [4.78, 5) is 21.0. The Bertz CT molecular complexity index is 503. The van der Waals surface area contributed by atoms with Gasteiger partial charge >= 0.3 is 0 Å². The molecule has 0 saturated heterocycles. The van der Waals surface area contributed by atoms with Crippen LogP contribution in [0.4, 0.5) is 0 Å². The molecule has 23 heavy (non-hydrogen) atoms. The third kappa shape index (κ3) is 8.42. The maximum atomic E-state index is 12.1. The Morgan fingerprint density at radius 1 is 1.13 bits per heavy atom. The van der Waals surface area contributed by atoms with E-state index in [1.54, 1.807) is 0 Å². The van der Waals surface area contributed by atoms with Crippen molar-refractivity contribution in [1.82, 2.24) is 14.9 Å². The van der Waals surface area contributed by atoms with Crippen LogP contribution in [-0.4, -0.2) is 46.4 Å². The lowest BCUT2D eigenvalue weighted by molar-refractivity contribution is 0.432. The molecule has 1 aromatic rings. The van der Waals surface area contributed by atoms with Crippen molar-refractivity contribution in [3.05, 3.63) is 15.9 Å². The van der Waals surface area contributed by atoms with E-state index in [0.29, 0.717) is 17.1 Å². The average Bonchev–Trinajstić information content (AvgIpc) is 2.48.